The number of rotatable bonds is 4. The van der Waals surface area contributed by atoms with Crippen molar-refractivity contribution in [3.8, 4) is 5.75 Å². The minimum absolute atomic E-state index is 0. The monoisotopic (exact) mass is 270 g/mol. The van der Waals surface area contributed by atoms with Crippen molar-refractivity contribution in [2.75, 3.05) is 26.2 Å². The molecule has 2 N–H and O–H groups in total. The molecule has 3 nitrogen and oxygen atoms in total. The van der Waals surface area contributed by atoms with Crippen molar-refractivity contribution in [1.29, 1.82) is 0 Å². The molecule has 18 heavy (non-hydrogen) atoms. The smallest absolute Gasteiger partial charge is 0.125 e. The Morgan fingerprint density at radius 3 is 2.56 bits per heavy atom. The van der Waals surface area contributed by atoms with Crippen LogP contribution in [-0.2, 0) is 0 Å². The van der Waals surface area contributed by atoms with Crippen molar-refractivity contribution in [1.82, 2.24) is 4.90 Å². The molecular formula is C14H23ClN2O. The van der Waals surface area contributed by atoms with Crippen LogP contribution in [0.2, 0.25) is 0 Å². The summed E-state index contributed by atoms with van der Waals surface area (Å²) in [5, 5.41) is 0. The minimum Gasteiger partial charge on any atom is -0.492 e. The highest BCUT2D eigenvalue weighted by Crippen LogP contribution is 2.22. The summed E-state index contributed by atoms with van der Waals surface area (Å²) in [6, 6.07) is 6.61. The summed E-state index contributed by atoms with van der Waals surface area (Å²) < 4.78 is 5.88. The van der Waals surface area contributed by atoms with Crippen LogP contribution in [0.15, 0.2) is 18.2 Å². The third-order valence-corrected chi connectivity index (χ3v) is 3.37. The molecule has 0 unspecified atom stereocenters. The van der Waals surface area contributed by atoms with Crippen LogP contribution in [0.4, 0.5) is 0 Å². The Balaban J connectivity index is 0.00000162. The lowest BCUT2D eigenvalue weighted by molar-refractivity contribution is 0.234. The fourth-order valence-corrected chi connectivity index (χ4v) is 2.37. The summed E-state index contributed by atoms with van der Waals surface area (Å²) in [5.41, 5.74) is 8.30. The molecule has 4 heteroatoms. The topological polar surface area (TPSA) is 38.5 Å². The highest BCUT2D eigenvalue weighted by molar-refractivity contribution is 5.85. The number of ether oxygens (including phenoxy) is 1. The van der Waals surface area contributed by atoms with Crippen LogP contribution in [0.1, 0.15) is 17.5 Å². The maximum Gasteiger partial charge on any atom is 0.125 e. The van der Waals surface area contributed by atoms with E-state index in [1.807, 2.05) is 0 Å². The molecule has 2 rings (SSSR count). The maximum absolute atomic E-state index is 5.88. The van der Waals surface area contributed by atoms with Gasteiger partial charge in [-0.3, -0.25) is 4.90 Å². The van der Waals surface area contributed by atoms with Gasteiger partial charge in [-0.2, -0.15) is 0 Å². The van der Waals surface area contributed by atoms with E-state index < -0.39 is 0 Å². The first-order chi connectivity index (χ1) is 8.16. The van der Waals surface area contributed by atoms with Crippen LogP contribution < -0.4 is 10.5 Å². The molecule has 1 atom stereocenters. The van der Waals surface area contributed by atoms with Crippen molar-refractivity contribution in [2.45, 2.75) is 26.3 Å². The Bertz CT molecular complexity index is 364. The normalized spacial score (nSPS) is 19.6. The van der Waals surface area contributed by atoms with Gasteiger partial charge < -0.3 is 10.5 Å². The molecule has 1 aliphatic heterocycles. The van der Waals surface area contributed by atoms with E-state index in [9.17, 15) is 0 Å². The molecule has 0 aromatic heterocycles. The Morgan fingerprint density at radius 1 is 1.33 bits per heavy atom. The van der Waals surface area contributed by atoms with Crippen molar-refractivity contribution in [3.05, 3.63) is 29.3 Å². The Kier molecular flexibility index (Phi) is 5.93. The number of para-hydroxylation sites is 1. The van der Waals surface area contributed by atoms with Gasteiger partial charge in [-0.25, -0.2) is 0 Å². The van der Waals surface area contributed by atoms with E-state index in [1.54, 1.807) is 0 Å². The van der Waals surface area contributed by atoms with Crippen LogP contribution in [0.25, 0.3) is 0 Å². The van der Waals surface area contributed by atoms with Gasteiger partial charge >= 0.3 is 0 Å². The second kappa shape index (κ2) is 6.98. The fourth-order valence-electron chi connectivity index (χ4n) is 2.37. The van der Waals surface area contributed by atoms with Gasteiger partial charge in [0.1, 0.15) is 12.4 Å². The number of aryl methyl sites for hydroxylation is 2. The van der Waals surface area contributed by atoms with Gasteiger partial charge in [0.2, 0.25) is 0 Å². The largest absolute Gasteiger partial charge is 0.492 e. The predicted octanol–water partition coefficient (Wildman–Crippen LogP) is 2.14. The zero-order chi connectivity index (χ0) is 12.3. The fraction of sp³-hybridized carbons (Fsp3) is 0.571. The lowest BCUT2D eigenvalue weighted by Gasteiger charge is -2.17. The van der Waals surface area contributed by atoms with Gasteiger partial charge in [0, 0.05) is 19.1 Å². The lowest BCUT2D eigenvalue weighted by atomic mass is 10.1. The third-order valence-electron chi connectivity index (χ3n) is 3.37. The predicted molar refractivity (Wildman–Crippen MR) is 77.7 cm³/mol. The van der Waals surface area contributed by atoms with E-state index in [0.29, 0.717) is 6.04 Å². The van der Waals surface area contributed by atoms with Crippen molar-refractivity contribution >= 4 is 12.4 Å². The molecule has 1 aromatic rings. The number of halogens is 1. The summed E-state index contributed by atoms with van der Waals surface area (Å²) in [6.45, 7) is 8.02. The molecular weight excluding hydrogens is 248 g/mol. The van der Waals surface area contributed by atoms with Gasteiger partial charge in [-0.1, -0.05) is 18.2 Å². The first-order valence-electron chi connectivity index (χ1n) is 6.34. The minimum atomic E-state index is 0. The van der Waals surface area contributed by atoms with Gasteiger partial charge in [0.05, 0.1) is 0 Å². The summed E-state index contributed by atoms with van der Waals surface area (Å²) in [7, 11) is 0. The summed E-state index contributed by atoms with van der Waals surface area (Å²) >= 11 is 0. The molecule has 1 saturated heterocycles. The average Bonchev–Trinajstić information content (AvgIpc) is 2.69. The molecule has 1 aliphatic rings. The van der Waals surface area contributed by atoms with Gasteiger partial charge in [-0.15, -0.1) is 12.4 Å². The molecule has 1 fully saturated rings. The van der Waals surface area contributed by atoms with Crippen molar-refractivity contribution in [3.63, 3.8) is 0 Å². The zero-order valence-electron chi connectivity index (χ0n) is 11.2. The molecule has 1 heterocycles. The number of nitrogens with two attached hydrogens (primary N) is 1. The molecule has 0 saturated carbocycles. The van der Waals surface area contributed by atoms with Crippen LogP contribution >= 0.6 is 12.4 Å². The highest BCUT2D eigenvalue weighted by atomic mass is 35.5. The molecule has 0 radical (unpaired) electrons. The molecule has 1 aromatic carbocycles. The second-order valence-corrected chi connectivity index (χ2v) is 4.92. The summed E-state index contributed by atoms with van der Waals surface area (Å²) in [6.07, 6.45) is 1.11. The third kappa shape index (κ3) is 3.87. The van der Waals surface area contributed by atoms with E-state index in [-0.39, 0.29) is 12.4 Å². The van der Waals surface area contributed by atoms with Crippen LogP contribution in [-0.4, -0.2) is 37.2 Å². The van der Waals surface area contributed by atoms with Crippen LogP contribution in [0, 0.1) is 13.8 Å². The van der Waals surface area contributed by atoms with Gasteiger partial charge in [0.25, 0.3) is 0 Å². The number of likely N-dealkylation sites (tertiary alicyclic amines) is 1. The Hall–Kier alpha value is -0.770. The van der Waals surface area contributed by atoms with E-state index in [1.165, 1.54) is 11.1 Å². The molecule has 0 spiro atoms. The number of nitrogens with zero attached hydrogens (tertiary/aromatic N) is 1. The first-order valence-corrected chi connectivity index (χ1v) is 6.34. The van der Waals surface area contributed by atoms with Gasteiger partial charge in [0.15, 0.2) is 0 Å². The van der Waals surface area contributed by atoms with Crippen molar-refractivity contribution < 1.29 is 4.74 Å². The average molecular weight is 271 g/mol. The lowest BCUT2D eigenvalue weighted by Crippen LogP contribution is -2.29. The van der Waals surface area contributed by atoms with E-state index in [2.05, 4.69) is 36.9 Å². The van der Waals surface area contributed by atoms with E-state index >= 15 is 0 Å². The number of benzene rings is 1. The first kappa shape index (κ1) is 15.3. The number of hydrogen-bond donors (Lipinski definition) is 1. The van der Waals surface area contributed by atoms with Crippen molar-refractivity contribution in [2.24, 2.45) is 5.73 Å². The SMILES string of the molecule is Cc1cccc(C)c1OCCN1CC[C@@H](N)C1.Cl. The summed E-state index contributed by atoms with van der Waals surface area (Å²) in [4.78, 5) is 2.37. The Morgan fingerprint density at radius 2 is 2.00 bits per heavy atom. The second-order valence-electron chi connectivity index (χ2n) is 4.92. The maximum atomic E-state index is 5.88. The molecule has 102 valence electrons. The Labute approximate surface area is 116 Å². The molecule has 0 aliphatic carbocycles. The highest BCUT2D eigenvalue weighted by Gasteiger charge is 2.18. The summed E-state index contributed by atoms with van der Waals surface area (Å²) in [5.74, 6) is 1.04. The van der Waals surface area contributed by atoms with Crippen LogP contribution in [0.3, 0.4) is 0 Å². The quantitative estimate of drug-likeness (QED) is 0.911. The van der Waals surface area contributed by atoms with Crippen LogP contribution in [0.5, 0.6) is 5.75 Å². The van der Waals surface area contributed by atoms with E-state index in [4.69, 9.17) is 10.5 Å². The van der Waals surface area contributed by atoms with Gasteiger partial charge in [-0.05, 0) is 37.9 Å². The molecule has 0 bridgehead atoms. The standard InChI is InChI=1S/C14H22N2O.ClH/c1-11-4-3-5-12(2)14(11)17-9-8-16-7-6-13(15)10-16;/h3-5,13H,6-10,15H2,1-2H3;1H/t13-;/m1./s1. The zero-order valence-corrected chi connectivity index (χ0v) is 12.0. The van der Waals surface area contributed by atoms with E-state index in [0.717, 1.165) is 38.4 Å². The molecule has 0 amide bonds. The number of hydrogen-bond acceptors (Lipinski definition) is 3.